The lowest BCUT2D eigenvalue weighted by Gasteiger charge is -2.27. The summed E-state index contributed by atoms with van der Waals surface area (Å²) >= 11 is 0. The monoisotopic (exact) mass is 284 g/mol. The Balaban J connectivity index is 1.84. The van der Waals surface area contributed by atoms with E-state index in [1.807, 2.05) is 23.1 Å². The number of amides is 1. The summed E-state index contributed by atoms with van der Waals surface area (Å²) in [5, 5.41) is 1.10. The fraction of sp³-hybridized carbons (Fsp3) is 0.471. The van der Waals surface area contributed by atoms with Gasteiger partial charge < -0.3 is 14.2 Å². The Kier molecular flexibility index (Phi) is 2.91. The second-order valence-electron chi connectivity index (χ2n) is 5.98. The highest BCUT2D eigenvalue weighted by atomic mass is 16.5. The zero-order valence-electron chi connectivity index (χ0n) is 12.3. The first-order valence-electron chi connectivity index (χ1n) is 7.86. The van der Waals surface area contributed by atoms with Gasteiger partial charge in [-0.25, -0.2) is 0 Å². The Morgan fingerprint density at radius 1 is 1.33 bits per heavy atom. The summed E-state index contributed by atoms with van der Waals surface area (Å²) in [6.45, 7) is 4.68. The molecular weight excluding hydrogens is 264 g/mol. The van der Waals surface area contributed by atoms with E-state index in [0.29, 0.717) is 0 Å². The van der Waals surface area contributed by atoms with E-state index in [1.54, 1.807) is 0 Å². The second-order valence-corrected chi connectivity index (χ2v) is 5.98. The maximum Gasteiger partial charge on any atom is 0.270 e. The molecule has 0 saturated carbocycles. The summed E-state index contributed by atoms with van der Waals surface area (Å²) in [6, 6.07) is 8.10. The Bertz CT molecular complexity index is 698. The highest BCUT2D eigenvalue weighted by Gasteiger charge is 2.28. The van der Waals surface area contributed by atoms with Gasteiger partial charge in [-0.3, -0.25) is 4.79 Å². The van der Waals surface area contributed by atoms with Crippen molar-refractivity contribution in [3.63, 3.8) is 0 Å². The molecule has 0 radical (unpaired) electrons. The van der Waals surface area contributed by atoms with Crippen molar-refractivity contribution in [2.24, 2.45) is 0 Å². The molecule has 0 N–H and O–H groups in total. The largest absolute Gasteiger partial charge is 0.486 e. The molecule has 1 amide bonds. The minimum atomic E-state index is 0.153. The molecule has 0 bridgehead atoms. The number of aromatic nitrogens is 1. The van der Waals surface area contributed by atoms with E-state index in [-0.39, 0.29) is 12.0 Å². The van der Waals surface area contributed by atoms with Crippen LogP contribution in [0.4, 0.5) is 0 Å². The standard InChI is InChI=1S/C17H20N2O2/c1-2-13-11-19-14(17(20)18-8-3-4-9-18)10-12-6-5-7-15(21-13)16(12)19/h5-7,10,13H,2-4,8-9,11H2,1H3/t13-/m1/s1. The lowest BCUT2D eigenvalue weighted by Crippen LogP contribution is -2.33. The average Bonchev–Trinajstić information content (AvgIpc) is 3.16. The number of hydrogen-bond donors (Lipinski definition) is 0. The molecule has 0 unspecified atom stereocenters. The number of benzene rings is 1. The Morgan fingerprint density at radius 2 is 2.14 bits per heavy atom. The minimum absolute atomic E-state index is 0.153. The van der Waals surface area contributed by atoms with Crippen molar-refractivity contribution in [3.05, 3.63) is 30.0 Å². The molecule has 2 aliphatic heterocycles. The van der Waals surface area contributed by atoms with E-state index in [0.717, 1.165) is 61.2 Å². The molecule has 1 fully saturated rings. The van der Waals surface area contributed by atoms with Crippen molar-refractivity contribution >= 4 is 16.8 Å². The van der Waals surface area contributed by atoms with Crippen LogP contribution in [0.2, 0.25) is 0 Å². The molecule has 1 saturated heterocycles. The van der Waals surface area contributed by atoms with E-state index in [4.69, 9.17) is 4.74 Å². The first-order chi connectivity index (χ1) is 10.3. The zero-order valence-corrected chi connectivity index (χ0v) is 12.3. The number of para-hydroxylation sites is 1. The highest BCUT2D eigenvalue weighted by Crippen LogP contribution is 2.34. The summed E-state index contributed by atoms with van der Waals surface area (Å²) in [5.74, 6) is 1.08. The molecule has 3 heterocycles. The fourth-order valence-electron chi connectivity index (χ4n) is 3.47. The van der Waals surface area contributed by atoms with Crippen LogP contribution in [0.1, 0.15) is 36.7 Å². The Morgan fingerprint density at radius 3 is 2.90 bits per heavy atom. The molecule has 2 aromatic rings. The van der Waals surface area contributed by atoms with Crippen molar-refractivity contribution in [1.82, 2.24) is 9.47 Å². The molecule has 21 heavy (non-hydrogen) atoms. The van der Waals surface area contributed by atoms with Crippen LogP contribution in [0.5, 0.6) is 5.75 Å². The van der Waals surface area contributed by atoms with Gasteiger partial charge in [-0.05, 0) is 31.4 Å². The van der Waals surface area contributed by atoms with Gasteiger partial charge in [0, 0.05) is 18.5 Å². The molecule has 1 aromatic carbocycles. The second kappa shape index (κ2) is 4.79. The summed E-state index contributed by atoms with van der Waals surface area (Å²) in [7, 11) is 0. The third-order valence-corrected chi connectivity index (χ3v) is 4.63. The van der Waals surface area contributed by atoms with Gasteiger partial charge in [-0.2, -0.15) is 0 Å². The summed E-state index contributed by atoms with van der Waals surface area (Å²) in [5.41, 5.74) is 1.89. The third-order valence-electron chi connectivity index (χ3n) is 4.63. The maximum atomic E-state index is 12.8. The molecular formula is C17H20N2O2. The van der Waals surface area contributed by atoms with E-state index in [1.165, 1.54) is 0 Å². The first kappa shape index (κ1) is 12.7. The van der Waals surface area contributed by atoms with Crippen LogP contribution in [-0.2, 0) is 6.54 Å². The highest BCUT2D eigenvalue weighted by molar-refractivity contribution is 6.00. The van der Waals surface area contributed by atoms with Gasteiger partial charge in [-0.15, -0.1) is 0 Å². The number of carbonyl (C=O) groups excluding carboxylic acids is 1. The van der Waals surface area contributed by atoms with Crippen LogP contribution in [0.15, 0.2) is 24.3 Å². The quantitative estimate of drug-likeness (QED) is 0.849. The van der Waals surface area contributed by atoms with Crippen LogP contribution < -0.4 is 4.74 Å². The smallest absolute Gasteiger partial charge is 0.270 e. The van der Waals surface area contributed by atoms with Gasteiger partial charge in [0.25, 0.3) is 5.91 Å². The predicted octanol–water partition coefficient (Wildman–Crippen LogP) is 3.05. The van der Waals surface area contributed by atoms with Crippen molar-refractivity contribution in [1.29, 1.82) is 0 Å². The van der Waals surface area contributed by atoms with Crippen molar-refractivity contribution in [3.8, 4) is 5.75 Å². The lowest BCUT2D eigenvalue weighted by atomic mass is 10.2. The van der Waals surface area contributed by atoms with Crippen LogP contribution >= 0.6 is 0 Å². The number of nitrogens with zero attached hydrogens (tertiary/aromatic N) is 2. The number of likely N-dealkylation sites (tertiary alicyclic amines) is 1. The molecule has 4 rings (SSSR count). The molecule has 0 spiro atoms. The molecule has 4 nitrogen and oxygen atoms in total. The zero-order chi connectivity index (χ0) is 14.4. The SMILES string of the molecule is CC[C@@H]1Cn2c(C(=O)N3CCCC3)cc3cccc(c32)O1. The van der Waals surface area contributed by atoms with Gasteiger partial charge in [0.05, 0.1) is 12.1 Å². The third kappa shape index (κ3) is 1.93. The molecule has 1 atom stereocenters. The van der Waals surface area contributed by atoms with Crippen molar-refractivity contribution < 1.29 is 9.53 Å². The Hall–Kier alpha value is -1.97. The Labute approximate surface area is 124 Å². The van der Waals surface area contributed by atoms with Crippen molar-refractivity contribution in [2.45, 2.75) is 38.8 Å². The topological polar surface area (TPSA) is 34.5 Å². The average molecular weight is 284 g/mol. The molecule has 110 valence electrons. The number of rotatable bonds is 2. The number of carbonyl (C=O) groups is 1. The number of ether oxygens (including phenoxy) is 1. The summed E-state index contributed by atoms with van der Waals surface area (Å²) < 4.78 is 8.20. The molecule has 0 aliphatic carbocycles. The lowest BCUT2D eigenvalue weighted by molar-refractivity contribution is 0.0776. The molecule has 2 aliphatic rings. The van der Waals surface area contributed by atoms with Gasteiger partial charge in [0.2, 0.25) is 0 Å². The first-order valence-corrected chi connectivity index (χ1v) is 7.86. The van der Waals surface area contributed by atoms with E-state index >= 15 is 0 Å². The minimum Gasteiger partial charge on any atom is -0.486 e. The summed E-state index contributed by atoms with van der Waals surface area (Å²) in [6.07, 6.45) is 3.35. The fourth-order valence-corrected chi connectivity index (χ4v) is 3.47. The van der Waals surface area contributed by atoms with E-state index < -0.39 is 0 Å². The van der Waals surface area contributed by atoms with Gasteiger partial charge >= 0.3 is 0 Å². The van der Waals surface area contributed by atoms with Crippen LogP contribution in [0.3, 0.4) is 0 Å². The van der Waals surface area contributed by atoms with Gasteiger partial charge in [0.1, 0.15) is 17.5 Å². The predicted molar refractivity (Wildman–Crippen MR) is 81.8 cm³/mol. The molecule has 1 aromatic heterocycles. The van der Waals surface area contributed by atoms with Crippen LogP contribution in [0, 0.1) is 0 Å². The van der Waals surface area contributed by atoms with Crippen molar-refractivity contribution in [2.75, 3.05) is 13.1 Å². The van der Waals surface area contributed by atoms with Crippen LogP contribution in [0.25, 0.3) is 10.9 Å². The van der Waals surface area contributed by atoms with Crippen LogP contribution in [-0.4, -0.2) is 34.6 Å². The van der Waals surface area contributed by atoms with Gasteiger partial charge in [-0.1, -0.05) is 19.1 Å². The maximum absolute atomic E-state index is 12.8. The normalized spacial score (nSPS) is 20.8. The summed E-state index contributed by atoms with van der Waals surface area (Å²) in [4.78, 5) is 14.8. The van der Waals surface area contributed by atoms with E-state index in [9.17, 15) is 4.79 Å². The van der Waals surface area contributed by atoms with Gasteiger partial charge in [0.15, 0.2) is 0 Å². The molecule has 4 heteroatoms. The number of hydrogen-bond acceptors (Lipinski definition) is 2. The van der Waals surface area contributed by atoms with E-state index in [2.05, 4.69) is 17.6 Å².